The van der Waals surface area contributed by atoms with Gasteiger partial charge in [0.15, 0.2) is 0 Å². The lowest BCUT2D eigenvalue weighted by atomic mass is 9.97. The molecular formula is C18H31N5O3. The number of hydrogen-bond donors (Lipinski definition) is 2. The summed E-state index contributed by atoms with van der Waals surface area (Å²) in [5, 5.41) is 14.5. The molecule has 0 spiro atoms. The predicted molar refractivity (Wildman–Crippen MR) is 103 cm³/mol. The van der Waals surface area contributed by atoms with Crippen LogP contribution in [0.25, 0.3) is 0 Å². The smallest absolute Gasteiger partial charge is 0.390 e. The first-order valence-electron chi connectivity index (χ1n) is 8.52. The normalized spacial score (nSPS) is 13.5. The Bertz CT molecular complexity index is 634. The molecule has 8 heteroatoms. The summed E-state index contributed by atoms with van der Waals surface area (Å²) in [6, 6.07) is 0. The van der Waals surface area contributed by atoms with Crippen LogP contribution in [0.4, 0.5) is 5.95 Å². The molecule has 0 amide bonds. The van der Waals surface area contributed by atoms with Crippen molar-refractivity contribution in [3.05, 3.63) is 46.8 Å². The number of rotatable bonds is 11. The number of hydrogen-bond acceptors (Lipinski definition) is 6. The molecule has 1 atom stereocenters. The van der Waals surface area contributed by atoms with E-state index in [0.717, 1.165) is 11.1 Å². The lowest BCUT2D eigenvalue weighted by molar-refractivity contribution is -0.397. The van der Waals surface area contributed by atoms with Crippen molar-refractivity contribution in [1.82, 2.24) is 20.3 Å². The average Bonchev–Trinajstić information content (AvgIpc) is 2.98. The van der Waals surface area contributed by atoms with E-state index in [4.69, 9.17) is 4.84 Å². The van der Waals surface area contributed by atoms with Gasteiger partial charge < -0.3 is 15.4 Å². The van der Waals surface area contributed by atoms with Gasteiger partial charge in [0.1, 0.15) is 25.0 Å². The van der Waals surface area contributed by atoms with Crippen molar-refractivity contribution in [3.63, 3.8) is 0 Å². The first kappa shape index (κ1) is 22.0. The van der Waals surface area contributed by atoms with Crippen LogP contribution in [0.2, 0.25) is 0 Å². The third-order valence-electron chi connectivity index (χ3n) is 4.64. The number of hydroxylamine groups is 1. The van der Waals surface area contributed by atoms with E-state index in [-0.39, 0.29) is 24.1 Å². The fourth-order valence-corrected chi connectivity index (χ4v) is 1.82. The standard InChI is InChI=1S/C18H31N5O3/c1-13(2)17(5,6)20-11-15(26-21-18(7,8)14(3)4)12-22-10-9-19-16(22)23(24)25/h9-10,15,20-21H,1,3,11-12H2,2,4-8H3. The van der Waals surface area contributed by atoms with Gasteiger partial charge in [0, 0.05) is 12.1 Å². The van der Waals surface area contributed by atoms with E-state index in [1.807, 2.05) is 41.5 Å². The molecule has 1 rings (SSSR count). The van der Waals surface area contributed by atoms with Gasteiger partial charge in [-0.25, -0.2) is 4.57 Å². The Morgan fingerprint density at radius 3 is 2.38 bits per heavy atom. The average molecular weight is 365 g/mol. The van der Waals surface area contributed by atoms with Gasteiger partial charge in [-0.15, -0.1) is 0 Å². The van der Waals surface area contributed by atoms with E-state index in [0.29, 0.717) is 6.54 Å². The van der Waals surface area contributed by atoms with Crippen molar-refractivity contribution >= 4 is 5.95 Å². The molecule has 1 aromatic heterocycles. The minimum absolute atomic E-state index is 0.211. The van der Waals surface area contributed by atoms with E-state index < -0.39 is 10.5 Å². The van der Waals surface area contributed by atoms with Crippen LogP contribution in [0.5, 0.6) is 0 Å². The minimum Gasteiger partial charge on any atom is -0.390 e. The number of nitro groups is 1. The van der Waals surface area contributed by atoms with Gasteiger partial charge in [0.2, 0.25) is 0 Å². The predicted octanol–water partition coefficient (Wildman–Crippen LogP) is 2.98. The third kappa shape index (κ3) is 6.05. The molecule has 0 aliphatic carbocycles. The minimum atomic E-state index is -0.506. The second kappa shape index (κ2) is 8.57. The molecule has 0 fully saturated rings. The molecule has 0 aromatic carbocycles. The highest BCUT2D eigenvalue weighted by atomic mass is 16.7. The van der Waals surface area contributed by atoms with Crippen molar-refractivity contribution in [2.24, 2.45) is 0 Å². The Morgan fingerprint density at radius 1 is 1.31 bits per heavy atom. The second-order valence-electron chi connectivity index (χ2n) is 7.67. The van der Waals surface area contributed by atoms with E-state index >= 15 is 0 Å². The summed E-state index contributed by atoms with van der Waals surface area (Å²) >= 11 is 0. The summed E-state index contributed by atoms with van der Waals surface area (Å²) in [5.74, 6) is -0.211. The zero-order chi connectivity index (χ0) is 20.1. The summed E-state index contributed by atoms with van der Waals surface area (Å²) < 4.78 is 1.47. The summed E-state index contributed by atoms with van der Waals surface area (Å²) in [6.07, 6.45) is 2.61. The number of nitrogens with one attached hydrogen (secondary N) is 2. The number of aromatic nitrogens is 2. The van der Waals surface area contributed by atoms with Crippen LogP contribution in [0, 0.1) is 10.1 Å². The molecule has 1 aromatic rings. The van der Waals surface area contributed by atoms with Gasteiger partial charge in [0.25, 0.3) is 0 Å². The maximum atomic E-state index is 11.1. The SMILES string of the molecule is C=C(C)C(C)(C)NCC(Cn1ccnc1[N+](=O)[O-])ONC(C)(C)C(=C)C. The zero-order valence-corrected chi connectivity index (χ0v) is 16.6. The largest absolute Gasteiger partial charge is 0.434 e. The van der Waals surface area contributed by atoms with E-state index in [2.05, 4.69) is 28.9 Å². The summed E-state index contributed by atoms with van der Waals surface area (Å²) in [7, 11) is 0. The monoisotopic (exact) mass is 365 g/mol. The fourth-order valence-electron chi connectivity index (χ4n) is 1.82. The quantitative estimate of drug-likeness (QED) is 0.356. The van der Waals surface area contributed by atoms with Crippen LogP contribution in [0.3, 0.4) is 0 Å². The van der Waals surface area contributed by atoms with Crippen molar-refractivity contribution in [2.75, 3.05) is 6.54 Å². The maximum absolute atomic E-state index is 11.1. The topological polar surface area (TPSA) is 94.2 Å². The Morgan fingerprint density at radius 2 is 1.88 bits per heavy atom. The Balaban J connectivity index is 2.90. The molecule has 2 N–H and O–H groups in total. The van der Waals surface area contributed by atoms with Gasteiger partial charge in [-0.2, -0.15) is 5.48 Å². The van der Waals surface area contributed by atoms with E-state index in [9.17, 15) is 10.1 Å². The van der Waals surface area contributed by atoms with Gasteiger partial charge in [-0.3, -0.25) is 4.84 Å². The van der Waals surface area contributed by atoms with Crippen LogP contribution in [-0.2, 0) is 11.4 Å². The third-order valence-corrected chi connectivity index (χ3v) is 4.64. The molecule has 0 radical (unpaired) electrons. The first-order chi connectivity index (χ1) is 11.9. The van der Waals surface area contributed by atoms with Crippen LogP contribution >= 0.6 is 0 Å². The van der Waals surface area contributed by atoms with E-state index in [1.54, 1.807) is 6.20 Å². The Kier molecular flexibility index (Phi) is 7.25. The molecule has 0 bridgehead atoms. The highest BCUT2D eigenvalue weighted by Gasteiger charge is 2.26. The van der Waals surface area contributed by atoms with Gasteiger partial charge in [0.05, 0.1) is 5.54 Å². The van der Waals surface area contributed by atoms with Gasteiger partial charge >= 0.3 is 5.95 Å². The molecular weight excluding hydrogens is 334 g/mol. The molecule has 8 nitrogen and oxygen atoms in total. The Labute approximate surface area is 155 Å². The molecule has 26 heavy (non-hydrogen) atoms. The number of imidazole rings is 1. The van der Waals surface area contributed by atoms with Crippen molar-refractivity contribution in [2.45, 2.75) is 65.3 Å². The van der Waals surface area contributed by atoms with Crippen LogP contribution in [0.1, 0.15) is 41.5 Å². The molecule has 1 unspecified atom stereocenters. The highest BCUT2D eigenvalue weighted by molar-refractivity contribution is 5.11. The van der Waals surface area contributed by atoms with Gasteiger partial charge in [-0.05, 0) is 46.5 Å². The van der Waals surface area contributed by atoms with Crippen molar-refractivity contribution < 1.29 is 9.76 Å². The summed E-state index contributed by atoms with van der Waals surface area (Å²) in [4.78, 5) is 20.3. The summed E-state index contributed by atoms with van der Waals surface area (Å²) in [6.45, 7) is 20.5. The molecule has 0 aliphatic rings. The molecule has 0 saturated heterocycles. The van der Waals surface area contributed by atoms with Crippen LogP contribution < -0.4 is 10.8 Å². The number of nitrogens with zero attached hydrogens (tertiary/aromatic N) is 3. The lowest BCUT2D eigenvalue weighted by Crippen LogP contribution is -2.49. The first-order valence-corrected chi connectivity index (χ1v) is 8.52. The van der Waals surface area contributed by atoms with Gasteiger partial charge in [-0.1, -0.05) is 29.3 Å². The molecule has 0 saturated carbocycles. The Hall–Kier alpha value is -2.03. The molecule has 146 valence electrons. The molecule has 0 aliphatic heterocycles. The van der Waals surface area contributed by atoms with Crippen molar-refractivity contribution in [3.8, 4) is 0 Å². The van der Waals surface area contributed by atoms with Crippen molar-refractivity contribution in [1.29, 1.82) is 0 Å². The van der Waals surface area contributed by atoms with Crippen LogP contribution in [0.15, 0.2) is 36.7 Å². The zero-order valence-electron chi connectivity index (χ0n) is 16.6. The lowest BCUT2D eigenvalue weighted by Gasteiger charge is -2.32. The fraction of sp³-hybridized carbons (Fsp3) is 0.611. The molecule has 1 heterocycles. The maximum Gasteiger partial charge on any atom is 0.434 e. The highest BCUT2D eigenvalue weighted by Crippen LogP contribution is 2.16. The van der Waals surface area contributed by atoms with Crippen LogP contribution in [-0.4, -0.2) is 38.2 Å². The second-order valence-corrected chi connectivity index (χ2v) is 7.67. The van der Waals surface area contributed by atoms with E-state index in [1.165, 1.54) is 10.8 Å². The summed E-state index contributed by atoms with van der Waals surface area (Å²) in [5.41, 5.74) is 4.21.